The van der Waals surface area contributed by atoms with Crippen LogP contribution in [-0.4, -0.2) is 11.9 Å². The van der Waals surface area contributed by atoms with Crippen molar-refractivity contribution in [3.05, 3.63) is 58.9 Å². The van der Waals surface area contributed by atoms with Crippen LogP contribution in [0.2, 0.25) is 0 Å². The number of hydrogen-bond donors (Lipinski definition) is 0. The van der Waals surface area contributed by atoms with Gasteiger partial charge < -0.3 is 9.47 Å². The van der Waals surface area contributed by atoms with Gasteiger partial charge in [0.25, 0.3) is 0 Å². The number of carbonyl (C=O) groups excluding carboxylic acids is 2. The van der Waals surface area contributed by atoms with Gasteiger partial charge in [-0.25, -0.2) is 4.39 Å². The molecular formula is C23H25FO4. The molecular weight excluding hydrogens is 359 g/mol. The van der Waals surface area contributed by atoms with Crippen LogP contribution < -0.4 is 9.47 Å². The minimum Gasteiger partial charge on any atom is -0.422 e. The van der Waals surface area contributed by atoms with Crippen LogP contribution in [0, 0.1) is 24.6 Å². The van der Waals surface area contributed by atoms with Crippen LogP contribution >= 0.6 is 0 Å². The molecule has 28 heavy (non-hydrogen) atoms. The molecule has 3 rings (SSSR count). The molecule has 2 atom stereocenters. The molecule has 0 saturated carbocycles. The fourth-order valence-corrected chi connectivity index (χ4v) is 3.89. The van der Waals surface area contributed by atoms with Gasteiger partial charge in [0.1, 0.15) is 0 Å². The van der Waals surface area contributed by atoms with Crippen molar-refractivity contribution in [3.8, 4) is 11.5 Å². The van der Waals surface area contributed by atoms with Gasteiger partial charge in [-0.3, -0.25) is 9.59 Å². The Morgan fingerprint density at radius 1 is 0.857 bits per heavy atom. The molecule has 1 aliphatic rings. The summed E-state index contributed by atoms with van der Waals surface area (Å²) in [6.45, 7) is 9.60. The second-order valence-corrected chi connectivity index (χ2v) is 7.93. The fourth-order valence-electron chi connectivity index (χ4n) is 3.89. The van der Waals surface area contributed by atoms with E-state index in [1.54, 1.807) is 0 Å². The number of fused-ring (bicyclic) bond motifs is 2. The average molecular weight is 384 g/mol. The lowest BCUT2D eigenvalue weighted by Gasteiger charge is -2.30. The Morgan fingerprint density at radius 3 is 2.11 bits per heavy atom. The zero-order valence-electron chi connectivity index (χ0n) is 16.8. The van der Waals surface area contributed by atoms with Gasteiger partial charge in [-0.05, 0) is 47.6 Å². The molecule has 2 aromatic carbocycles. The summed E-state index contributed by atoms with van der Waals surface area (Å²) in [5.41, 5.74) is 2.41. The van der Waals surface area contributed by atoms with E-state index in [-0.39, 0.29) is 23.3 Å². The maximum Gasteiger partial charge on any atom is 0.319 e. The van der Waals surface area contributed by atoms with Gasteiger partial charge in [-0.2, -0.15) is 0 Å². The van der Waals surface area contributed by atoms with E-state index >= 15 is 0 Å². The molecule has 4 nitrogen and oxygen atoms in total. The van der Waals surface area contributed by atoms with Gasteiger partial charge in [-0.1, -0.05) is 52.0 Å². The summed E-state index contributed by atoms with van der Waals surface area (Å²) >= 11 is 0. The number of aryl methyl sites for hydroxylation is 1. The first kappa shape index (κ1) is 20.1. The van der Waals surface area contributed by atoms with Crippen molar-refractivity contribution in [2.24, 2.45) is 11.8 Å². The number of carbonyl (C=O) groups is 2. The standard InChI is InChI=1S/C23H25FO4/c1-12(2)18-15-9-6-8-14(5)20(15)19(13(3)4)23(26)28-21-16(24)10-7-11-17(21)27-22(18)25/h6-13,18-19H,1-5H3. The van der Waals surface area contributed by atoms with Crippen LogP contribution in [0.25, 0.3) is 0 Å². The maximum atomic E-state index is 14.4. The number of hydrogen-bond acceptors (Lipinski definition) is 4. The molecule has 2 unspecified atom stereocenters. The first-order valence-electron chi connectivity index (χ1n) is 9.53. The topological polar surface area (TPSA) is 52.6 Å². The third kappa shape index (κ3) is 3.53. The molecule has 0 amide bonds. The zero-order chi connectivity index (χ0) is 20.6. The summed E-state index contributed by atoms with van der Waals surface area (Å²) in [4.78, 5) is 26.2. The van der Waals surface area contributed by atoms with E-state index in [0.29, 0.717) is 0 Å². The summed E-state index contributed by atoms with van der Waals surface area (Å²) in [7, 11) is 0. The second-order valence-electron chi connectivity index (χ2n) is 7.93. The molecule has 1 heterocycles. The van der Waals surface area contributed by atoms with E-state index in [1.807, 2.05) is 52.8 Å². The highest BCUT2D eigenvalue weighted by molar-refractivity contribution is 5.87. The predicted molar refractivity (Wildman–Crippen MR) is 104 cm³/mol. The van der Waals surface area contributed by atoms with Gasteiger partial charge in [-0.15, -0.1) is 0 Å². The molecule has 0 spiro atoms. The first-order chi connectivity index (χ1) is 13.2. The number of para-hydroxylation sites is 1. The summed E-state index contributed by atoms with van der Waals surface area (Å²) < 4.78 is 25.4. The molecule has 1 aliphatic heterocycles. The van der Waals surface area contributed by atoms with Crippen molar-refractivity contribution >= 4 is 11.9 Å². The van der Waals surface area contributed by atoms with Crippen molar-refractivity contribution in [1.29, 1.82) is 0 Å². The van der Waals surface area contributed by atoms with E-state index in [4.69, 9.17) is 9.47 Å². The van der Waals surface area contributed by atoms with Crippen molar-refractivity contribution < 1.29 is 23.5 Å². The Kier molecular flexibility index (Phi) is 5.54. The SMILES string of the molecule is Cc1cccc2c1C(C(C)C)C(=O)Oc1c(F)cccc1OC(=O)C2C(C)C. The van der Waals surface area contributed by atoms with Crippen LogP contribution in [0.15, 0.2) is 36.4 Å². The summed E-state index contributed by atoms with van der Waals surface area (Å²) in [6.07, 6.45) is 0. The third-order valence-electron chi connectivity index (χ3n) is 5.19. The largest absolute Gasteiger partial charge is 0.422 e. The van der Waals surface area contributed by atoms with E-state index < -0.39 is 29.6 Å². The van der Waals surface area contributed by atoms with Crippen molar-refractivity contribution in [1.82, 2.24) is 0 Å². The highest BCUT2D eigenvalue weighted by Crippen LogP contribution is 2.41. The third-order valence-corrected chi connectivity index (χ3v) is 5.19. The molecule has 0 aromatic heterocycles. The number of benzene rings is 2. The second kappa shape index (κ2) is 7.74. The lowest BCUT2D eigenvalue weighted by Crippen LogP contribution is -2.31. The van der Waals surface area contributed by atoms with Gasteiger partial charge >= 0.3 is 11.9 Å². The van der Waals surface area contributed by atoms with Gasteiger partial charge in [0.05, 0.1) is 11.8 Å². The summed E-state index contributed by atoms with van der Waals surface area (Å²) in [6, 6.07) is 9.68. The fraction of sp³-hybridized carbons (Fsp3) is 0.391. The summed E-state index contributed by atoms with van der Waals surface area (Å²) in [5.74, 6) is -3.61. The zero-order valence-corrected chi connectivity index (χ0v) is 16.8. The van der Waals surface area contributed by atoms with E-state index in [2.05, 4.69) is 0 Å². The van der Waals surface area contributed by atoms with E-state index in [1.165, 1.54) is 18.2 Å². The highest BCUT2D eigenvalue weighted by atomic mass is 19.1. The normalized spacial score (nSPS) is 19.7. The smallest absolute Gasteiger partial charge is 0.319 e. The molecule has 2 aromatic rings. The lowest BCUT2D eigenvalue weighted by atomic mass is 9.76. The summed E-state index contributed by atoms with van der Waals surface area (Å²) in [5, 5.41) is 0. The first-order valence-corrected chi connectivity index (χ1v) is 9.53. The van der Waals surface area contributed by atoms with Gasteiger partial charge in [0.15, 0.2) is 11.6 Å². The average Bonchev–Trinajstić information content (AvgIpc) is 2.59. The van der Waals surface area contributed by atoms with Crippen molar-refractivity contribution in [3.63, 3.8) is 0 Å². The number of ether oxygens (including phenoxy) is 2. The molecule has 0 aliphatic carbocycles. The maximum absolute atomic E-state index is 14.4. The van der Waals surface area contributed by atoms with Gasteiger partial charge in [0, 0.05) is 0 Å². The highest BCUT2D eigenvalue weighted by Gasteiger charge is 2.37. The monoisotopic (exact) mass is 384 g/mol. The van der Waals surface area contributed by atoms with E-state index in [0.717, 1.165) is 16.7 Å². The molecule has 0 radical (unpaired) electrons. The molecule has 5 heteroatoms. The van der Waals surface area contributed by atoms with Crippen molar-refractivity contribution in [2.75, 3.05) is 0 Å². The number of rotatable bonds is 2. The molecule has 0 fully saturated rings. The van der Waals surface area contributed by atoms with Crippen LogP contribution in [-0.2, 0) is 9.59 Å². The Morgan fingerprint density at radius 2 is 1.46 bits per heavy atom. The Labute approximate surface area is 164 Å². The van der Waals surface area contributed by atoms with Crippen molar-refractivity contribution in [2.45, 2.75) is 46.5 Å². The number of esters is 2. The predicted octanol–water partition coefficient (Wildman–Crippen LogP) is 5.14. The van der Waals surface area contributed by atoms with Crippen LogP contribution in [0.5, 0.6) is 11.5 Å². The molecule has 148 valence electrons. The molecule has 0 N–H and O–H groups in total. The van der Waals surface area contributed by atoms with E-state index in [9.17, 15) is 14.0 Å². The van der Waals surface area contributed by atoms with Gasteiger partial charge in [0.2, 0.25) is 5.75 Å². The molecule has 0 bridgehead atoms. The Hall–Kier alpha value is -2.69. The van der Waals surface area contributed by atoms with Crippen LogP contribution in [0.3, 0.4) is 0 Å². The minimum absolute atomic E-state index is 0.0756. The molecule has 0 saturated heterocycles. The lowest BCUT2D eigenvalue weighted by molar-refractivity contribution is -0.141. The Balaban J connectivity index is 2.30. The minimum atomic E-state index is -0.743. The van der Waals surface area contributed by atoms with Crippen LogP contribution in [0.4, 0.5) is 4.39 Å². The Bertz CT molecular complexity index is 917. The van der Waals surface area contributed by atoms with Crippen LogP contribution in [0.1, 0.15) is 56.2 Å². The quantitative estimate of drug-likeness (QED) is 0.532. The number of halogens is 1.